The molecular formula is C25H32N4O3. The minimum atomic E-state index is -0.375. The number of anilines is 2. The summed E-state index contributed by atoms with van der Waals surface area (Å²) in [7, 11) is 0. The Balaban J connectivity index is 1.31. The Labute approximate surface area is 189 Å². The Morgan fingerprint density at radius 1 is 1.12 bits per heavy atom. The second kappa shape index (κ2) is 8.40. The number of rotatable bonds is 4. The van der Waals surface area contributed by atoms with Crippen molar-refractivity contribution in [2.24, 2.45) is 11.3 Å². The number of piperidine rings is 1. The van der Waals surface area contributed by atoms with Crippen molar-refractivity contribution in [2.75, 3.05) is 29.9 Å². The molecule has 2 aliphatic carbocycles. The van der Waals surface area contributed by atoms with Gasteiger partial charge in [-0.3, -0.25) is 9.59 Å². The fourth-order valence-electron chi connectivity index (χ4n) is 5.85. The molecule has 0 bridgehead atoms. The minimum Gasteiger partial charge on any atom is -0.393 e. The van der Waals surface area contributed by atoms with Gasteiger partial charge in [-0.1, -0.05) is 0 Å². The fourth-order valence-corrected chi connectivity index (χ4v) is 5.85. The Kier molecular flexibility index (Phi) is 5.58. The Bertz CT molecular complexity index is 945. The third-order valence-corrected chi connectivity index (χ3v) is 7.90. The van der Waals surface area contributed by atoms with E-state index in [9.17, 15) is 20.0 Å². The van der Waals surface area contributed by atoms with Gasteiger partial charge in [0.15, 0.2) is 0 Å². The molecule has 2 saturated heterocycles. The van der Waals surface area contributed by atoms with E-state index in [-0.39, 0.29) is 35.3 Å². The molecule has 7 heteroatoms. The summed E-state index contributed by atoms with van der Waals surface area (Å²) >= 11 is 0. The molecule has 2 amide bonds. The first-order valence-electron chi connectivity index (χ1n) is 12.1. The van der Waals surface area contributed by atoms with Gasteiger partial charge in [0.1, 0.15) is 6.07 Å². The normalized spacial score (nSPS) is 30.4. The SMILES string of the molecule is N#Cc1cc(NC(=O)C2CC2)ccc1N1CCCC2(CCN(C3CCC(O)CC3)C2=O)C1. The number of nitrogens with one attached hydrogen (secondary N) is 1. The largest absolute Gasteiger partial charge is 0.393 e. The lowest BCUT2D eigenvalue weighted by molar-refractivity contribution is -0.139. The molecule has 0 aromatic heterocycles. The quantitative estimate of drug-likeness (QED) is 0.756. The highest BCUT2D eigenvalue weighted by Crippen LogP contribution is 2.44. The number of hydrogen-bond acceptors (Lipinski definition) is 5. The molecule has 4 aliphatic rings. The van der Waals surface area contributed by atoms with Crippen LogP contribution in [0.3, 0.4) is 0 Å². The van der Waals surface area contributed by atoms with Crippen molar-refractivity contribution in [2.45, 2.75) is 69.9 Å². The Hall–Kier alpha value is -2.59. The maximum Gasteiger partial charge on any atom is 0.230 e. The molecule has 32 heavy (non-hydrogen) atoms. The number of likely N-dealkylation sites (tertiary alicyclic amines) is 1. The third kappa shape index (κ3) is 3.97. The van der Waals surface area contributed by atoms with Crippen molar-refractivity contribution in [3.05, 3.63) is 23.8 Å². The summed E-state index contributed by atoms with van der Waals surface area (Å²) in [6.07, 6.45) is 7.68. The van der Waals surface area contributed by atoms with Crippen LogP contribution in [-0.4, -0.2) is 53.6 Å². The molecule has 7 nitrogen and oxygen atoms in total. The number of nitriles is 1. The smallest absolute Gasteiger partial charge is 0.230 e. The first-order chi connectivity index (χ1) is 15.5. The zero-order chi connectivity index (χ0) is 22.3. The molecule has 2 aliphatic heterocycles. The molecule has 2 heterocycles. The third-order valence-electron chi connectivity index (χ3n) is 7.90. The summed E-state index contributed by atoms with van der Waals surface area (Å²) in [4.78, 5) is 29.9. The molecular weight excluding hydrogens is 404 g/mol. The average molecular weight is 437 g/mol. The molecule has 2 saturated carbocycles. The van der Waals surface area contributed by atoms with E-state index in [1.165, 1.54) is 0 Å². The zero-order valence-corrected chi connectivity index (χ0v) is 18.6. The molecule has 1 spiro atoms. The predicted molar refractivity (Wildman–Crippen MR) is 121 cm³/mol. The number of benzene rings is 1. The van der Waals surface area contributed by atoms with Crippen molar-refractivity contribution in [3.63, 3.8) is 0 Å². The number of nitrogens with zero attached hydrogens (tertiary/aromatic N) is 3. The first-order valence-corrected chi connectivity index (χ1v) is 12.1. The summed E-state index contributed by atoms with van der Waals surface area (Å²) in [5.74, 6) is 0.409. The molecule has 1 aromatic carbocycles. The minimum absolute atomic E-state index is 0.0328. The lowest BCUT2D eigenvalue weighted by atomic mass is 9.78. The maximum absolute atomic E-state index is 13.6. The molecule has 5 rings (SSSR count). The topological polar surface area (TPSA) is 96.7 Å². The molecule has 2 N–H and O–H groups in total. The van der Waals surface area contributed by atoms with Crippen LogP contribution in [-0.2, 0) is 9.59 Å². The van der Waals surface area contributed by atoms with Gasteiger partial charge >= 0.3 is 0 Å². The molecule has 1 unspecified atom stereocenters. The van der Waals surface area contributed by atoms with Crippen molar-refractivity contribution in [3.8, 4) is 6.07 Å². The predicted octanol–water partition coefficient (Wildman–Crippen LogP) is 3.03. The van der Waals surface area contributed by atoms with E-state index in [0.29, 0.717) is 17.8 Å². The lowest BCUT2D eigenvalue weighted by Crippen LogP contribution is -2.50. The molecule has 170 valence electrons. The lowest BCUT2D eigenvalue weighted by Gasteiger charge is -2.41. The van der Waals surface area contributed by atoms with Gasteiger partial charge in [-0.25, -0.2) is 0 Å². The number of hydrogen-bond donors (Lipinski definition) is 2. The number of amides is 2. The van der Waals surface area contributed by atoms with Gasteiger partial charge in [0.05, 0.1) is 22.8 Å². The van der Waals surface area contributed by atoms with E-state index in [4.69, 9.17) is 0 Å². The number of carbonyl (C=O) groups is 2. The summed E-state index contributed by atoms with van der Waals surface area (Å²) in [5, 5.41) is 22.5. The summed E-state index contributed by atoms with van der Waals surface area (Å²) in [6, 6.07) is 8.09. The standard InChI is InChI=1S/C25H32N4O3/c26-15-18-14-19(27-23(31)17-2-3-17)4-9-22(18)28-12-1-10-25(16-28)11-13-29(24(25)32)20-5-7-21(30)8-6-20/h4,9,14,17,20-21,30H,1-3,5-8,10-13,16H2,(H,27,31). The molecule has 0 radical (unpaired) electrons. The van der Waals surface area contributed by atoms with Crippen LogP contribution in [0, 0.1) is 22.7 Å². The molecule has 4 fully saturated rings. The average Bonchev–Trinajstić information content (AvgIpc) is 3.61. The zero-order valence-electron chi connectivity index (χ0n) is 18.6. The Morgan fingerprint density at radius 3 is 2.62 bits per heavy atom. The van der Waals surface area contributed by atoms with E-state index in [1.807, 2.05) is 12.1 Å². The van der Waals surface area contributed by atoms with Crippen LogP contribution < -0.4 is 10.2 Å². The fraction of sp³-hybridized carbons (Fsp3) is 0.640. The van der Waals surface area contributed by atoms with Crippen LogP contribution in [0.2, 0.25) is 0 Å². The van der Waals surface area contributed by atoms with Crippen LogP contribution >= 0.6 is 0 Å². The second-order valence-corrected chi connectivity index (χ2v) is 10.1. The van der Waals surface area contributed by atoms with Crippen molar-refractivity contribution in [1.29, 1.82) is 5.26 Å². The molecule has 1 atom stereocenters. The van der Waals surface area contributed by atoms with Gasteiger partial charge in [0.25, 0.3) is 0 Å². The van der Waals surface area contributed by atoms with E-state index in [1.54, 1.807) is 6.07 Å². The van der Waals surface area contributed by atoms with Crippen molar-refractivity contribution >= 4 is 23.2 Å². The monoisotopic (exact) mass is 436 g/mol. The van der Waals surface area contributed by atoms with E-state index in [0.717, 1.165) is 76.6 Å². The Morgan fingerprint density at radius 2 is 1.91 bits per heavy atom. The summed E-state index contributed by atoms with van der Waals surface area (Å²) in [5.41, 5.74) is 1.68. The van der Waals surface area contributed by atoms with E-state index >= 15 is 0 Å². The van der Waals surface area contributed by atoms with Crippen LogP contribution in [0.25, 0.3) is 0 Å². The van der Waals surface area contributed by atoms with Crippen molar-refractivity contribution < 1.29 is 14.7 Å². The van der Waals surface area contributed by atoms with E-state index < -0.39 is 0 Å². The maximum atomic E-state index is 13.6. The summed E-state index contributed by atoms with van der Waals surface area (Å²) in [6.45, 7) is 2.26. The van der Waals surface area contributed by atoms with Gasteiger partial charge in [0, 0.05) is 37.3 Å². The van der Waals surface area contributed by atoms with E-state index in [2.05, 4.69) is 21.2 Å². The molecule has 1 aromatic rings. The summed E-state index contributed by atoms with van der Waals surface area (Å²) < 4.78 is 0. The van der Waals surface area contributed by atoms with Crippen LogP contribution in [0.15, 0.2) is 18.2 Å². The van der Waals surface area contributed by atoms with Gasteiger partial charge in [-0.15, -0.1) is 0 Å². The number of aliphatic hydroxyl groups is 1. The van der Waals surface area contributed by atoms with Gasteiger partial charge in [-0.2, -0.15) is 5.26 Å². The van der Waals surface area contributed by atoms with Crippen LogP contribution in [0.4, 0.5) is 11.4 Å². The highest BCUT2D eigenvalue weighted by molar-refractivity contribution is 5.94. The first kappa shape index (κ1) is 21.3. The van der Waals surface area contributed by atoms with Gasteiger partial charge in [-0.05, 0) is 76.0 Å². The second-order valence-electron chi connectivity index (χ2n) is 10.1. The van der Waals surface area contributed by atoms with Gasteiger partial charge < -0.3 is 20.2 Å². The number of carbonyl (C=O) groups excluding carboxylic acids is 2. The highest BCUT2D eigenvalue weighted by atomic mass is 16.3. The van der Waals surface area contributed by atoms with Crippen LogP contribution in [0.5, 0.6) is 0 Å². The number of aliphatic hydroxyl groups excluding tert-OH is 1. The van der Waals surface area contributed by atoms with Gasteiger partial charge in [0.2, 0.25) is 11.8 Å². The van der Waals surface area contributed by atoms with Crippen LogP contribution in [0.1, 0.15) is 63.4 Å². The van der Waals surface area contributed by atoms with Crippen molar-refractivity contribution in [1.82, 2.24) is 4.90 Å². The highest BCUT2D eigenvalue weighted by Gasteiger charge is 2.50.